The third kappa shape index (κ3) is 3.16. The predicted octanol–water partition coefficient (Wildman–Crippen LogP) is 3.23. The van der Waals surface area contributed by atoms with Gasteiger partial charge in [0, 0.05) is 23.9 Å². The van der Waals surface area contributed by atoms with Crippen molar-refractivity contribution in [2.45, 2.75) is 30.5 Å². The molecule has 1 N–H and O–H groups in total. The number of allylic oxidation sites excluding steroid dienone is 5. The SMILES string of the molecule is O=C1CCCC(O)=C1C=NC1=CCC(Br)C=C1. The lowest BCUT2D eigenvalue weighted by Gasteiger charge is -2.11. The Balaban J connectivity index is 2.11. The van der Waals surface area contributed by atoms with Crippen molar-refractivity contribution in [2.75, 3.05) is 0 Å². The molecule has 90 valence electrons. The summed E-state index contributed by atoms with van der Waals surface area (Å²) in [6, 6.07) is 0. The largest absolute Gasteiger partial charge is 0.512 e. The van der Waals surface area contributed by atoms with Gasteiger partial charge in [-0.05, 0) is 18.9 Å². The first-order chi connectivity index (χ1) is 8.16. The highest BCUT2D eigenvalue weighted by Crippen LogP contribution is 2.20. The second kappa shape index (κ2) is 5.45. The zero-order chi connectivity index (χ0) is 12.3. The summed E-state index contributed by atoms with van der Waals surface area (Å²) in [7, 11) is 0. The monoisotopic (exact) mass is 295 g/mol. The lowest BCUT2D eigenvalue weighted by atomic mass is 9.97. The molecule has 0 aliphatic heterocycles. The highest BCUT2D eigenvalue weighted by Gasteiger charge is 2.18. The number of hydrogen-bond donors (Lipinski definition) is 1. The fraction of sp³-hybridized carbons (Fsp3) is 0.385. The van der Waals surface area contributed by atoms with Gasteiger partial charge >= 0.3 is 0 Å². The van der Waals surface area contributed by atoms with Gasteiger partial charge in [-0.2, -0.15) is 0 Å². The van der Waals surface area contributed by atoms with Crippen LogP contribution < -0.4 is 0 Å². The first-order valence-corrected chi connectivity index (χ1v) is 6.60. The van der Waals surface area contributed by atoms with Crippen LogP contribution in [0, 0.1) is 0 Å². The molecule has 0 aromatic heterocycles. The van der Waals surface area contributed by atoms with Gasteiger partial charge in [0.15, 0.2) is 5.78 Å². The minimum absolute atomic E-state index is 0.0174. The summed E-state index contributed by atoms with van der Waals surface area (Å²) in [6.45, 7) is 0. The molecule has 2 aliphatic rings. The van der Waals surface area contributed by atoms with E-state index < -0.39 is 0 Å². The number of ketones is 1. The zero-order valence-electron chi connectivity index (χ0n) is 9.40. The van der Waals surface area contributed by atoms with Crippen molar-refractivity contribution in [3.05, 3.63) is 35.3 Å². The van der Waals surface area contributed by atoms with Crippen LogP contribution in [0.4, 0.5) is 0 Å². The van der Waals surface area contributed by atoms with Crippen molar-refractivity contribution >= 4 is 27.9 Å². The quantitative estimate of drug-likeness (QED) is 0.628. The molecule has 4 heteroatoms. The Bertz CT molecular complexity index is 446. The van der Waals surface area contributed by atoms with Gasteiger partial charge in [0.2, 0.25) is 0 Å². The summed E-state index contributed by atoms with van der Waals surface area (Å²) >= 11 is 3.48. The number of carbonyl (C=O) groups excluding carboxylic acids is 1. The second-order valence-corrected chi connectivity index (χ2v) is 5.31. The number of carbonyl (C=O) groups is 1. The number of nitrogens with zero attached hydrogens (tertiary/aromatic N) is 1. The van der Waals surface area contributed by atoms with E-state index in [1.807, 2.05) is 18.2 Å². The van der Waals surface area contributed by atoms with E-state index in [0.717, 1.165) is 18.5 Å². The first-order valence-electron chi connectivity index (χ1n) is 5.68. The third-order valence-electron chi connectivity index (χ3n) is 2.80. The van der Waals surface area contributed by atoms with Crippen LogP contribution in [0.5, 0.6) is 0 Å². The first kappa shape index (κ1) is 12.3. The molecule has 0 saturated carbocycles. The second-order valence-electron chi connectivity index (χ2n) is 4.14. The normalized spacial score (nSPS) is 25.6. The molecule has 2 rings (SSSR count). The van der Waals surface area contributed by atoms with Gasteiger partial charge in [-0.3, -0.25) is 9.79 Å². The molecule has 0 heterocycles. The van der Waals surface area contributed by atoms with E-state index in [0.29, 0.717) is 23.2 Å². The lowest BCUT2D eigenvalue weighted by molar-refractivity contribution is -0.115. The van der Waals surface area contributed by atoms with E-state index in [1.54, 1.807) is 0 Å². The van der Waals surface area contributed by atoms with Crippen LogP contribution in [0.1, 0.15) is 25.7 Å². The predicted molar refractivity (Wildman–Crippen MR) is 71.6 cm³/mol. The molecule has 1 unspecified atom stereocenters. The summed E-state index contributed by atoms with van der Waals surface area (Å²) in [4.78, 5) is 16.2. The average Bonchev–Trinajstić information content (AvgIpc) is 2.31. The van der Waals surface area contributed by atoms with Crippen molar-refractivity contribution in [1.29, 1.82) is 0 Å². The molecule has 0 aromatic rings. The fourth-order valence-corrected chi connectivity index (χ4v) is 2.15. The molecule has 0 amide bonds. The van der Waals surface area contributed by atoms with E-state index in [4.69, 9.17) is 0 Å². The third-order valence-corrected chi connectivity index (χ3v) is 3.48. The number of aliphatic imine (C=N–C) groups is 1. The Morgan fingerprint density at radius 1 is 1.47 bits per heavy atom. The van der Waals surface area contributed by atoms with Gasteiger partial charge < -0.3 is 5.11 Å². The fourth-order valence-electron chi connectivity index (χ4n) is 1.81. The van der Waals surface area contributed by atoms with E-state index in [1.165, 1.54) is 6.21 Å². The van der Waals surface area contributed by atoms with Crippen molar-refractivity contribution < 1.29 is 9.90 Å². The molecule has 17 heavy (non-hydrogen) atoms. The Morgan fingerprint density at radius 3 is 2.94 bits per heavy atom. The van der Waals surface area contributed by atoms with Crippen LogP contribution in [0.15, 0.2) is 40.2 Å². The highest BCUT2D eigenvalue weighted by molar-refractivity contribution is 9.09. The Morgan fingerprint density at radius 2 is 2.29 bits per heavy atom. The summed E-state index contributed by atoms with van der Waals surface area (Å²) in [6.07, 6.45) is 10.1. The van der Waals surface area contributed by atoms with Crippen LogP contribution >= 0.6 is 15.9 Å². The number of halogens is 1. The number of aliphatic hydroxyl groups is 1. The Labute approximate surface area is 109 Å². The Hall–Kier alpha value is -1.16. The van der Waals surface area contributed by atoms with Gasteiger partial charge in [-0.25, -0.2) is 0 Å². The van der Waals surface area contributed by atoms with E-state index in [-0.39, 0.29) is 11.5 Å². The molecular weight excluding hydrogens is 282 g/mol. The number of hydrogen-bond acceptors (Lipinski definition) is 3. The molecule has 0 fully saturated rings. The van der Waals surface area contributed by atoms with E-state index >= 15 is 0 Å². The van der Waals surface area contributed by atoms with Gasteiger partial charge in [0.25, 0.3) is 0 Å². The van der Waals surface area contributed by atoms with Gasteiger partial charge in [-0.15, -0.1) is 0 Å². The maximum absolute atomic E-state index is 11.6. The summed E-state index contributed by atoms with van der Waals surface area (Å²) in [5.74, 6) is 0.153. The van der Waals surface area contributed by atoms with Crippen molar-refractivity contribution in [2.24, 2.45) is 4.99 Å². The number of aliphatic hydroxyl groups excluding tert-OH is 1. The number of rotatable bonds is 2. The van der Waals surface area contributed by atoms with Crippen LogP contribution in [0.25, 0.3) is 0 Å². The maximum atomic E-state index is 11.6. The number of alkyl halides is 1. The van der Waals surface area contributed by atoms with Gasteiger partial charge in [-0.1, -0.05) is 28.1 Å². The standard InChI is InChI=1S/C13H14BrNO2/c14-9-4-6-10(7-5-9)15-8-11-12(16)2-1-3-13(11)17/h4,6-9,16H,1-3,5H2. The molecule has 1 atom stereocenters. The summed E-state index contributed by atoms with van der Waals surface area (Å²) in [5.41, 5.74) is 1.20. The molecule has 0 aromatic carbocycles. The van der Waals surface area contributed by atoms with Crippen LogP contribution in [-0.2, 0) is 4.79 Å². The van der Waals surface area contributed by atoms with Crippen molar-refractivity contribution in [3.63, 3.8) is 0 Å². The minimum Gasteiger partial charge on any atom is -0.512 e. The maximum Gasteiger partial charge on any atom is 0.167 e. The van der Waals surface area contributed by atoms with Crippen LogP contribution in [0.3, 0.4) is 0 Å². The van der Waals surface area contributed by atoms with Gasteiger partial charge in [0.1, 0.15) is 5.76 Å². The molecule has 0 saturated heterocycles. The summed E-state index contributed by atoms with van der Waals surface area (Å²) < 4.78 is 0. The van der Waals surface area contributed by atoms with Crippen molar-refractivity contribution in [1.82, 2.24) is 0 Å². The van der Waals surface area contributed by atoms with E-state index in [9.17, 15) is 9.90 Å². The number of Topliss-reactive ketones (excluding diaryl/α,β-unsaturated/α-hetero) is 1. The van der Waals surface area contributed by atoms with Crippen molar-refractivity contribution in [3.8, 4) is 0 Å². The van der Waals surface area contributed by atoms with Crippen LogP contribution in [0.2, 0.25) is 0 Å². The smallest absolute Gasteiger partial charge is 0.167 e. The highest BCUT2D eigenvalue weighted by atomic mass is 79.9. The van der Waals surface area contributed by atoms with E-state index in [2.05, 4.69) is 20.9 Å². The molecule has 0 spiro atoms. The lowest BCUT2D eigenvalue weighted by Crippen LogP contribution is -2.12. The molecule has 2 aliphatic carbocycles. The Kier molecular flexibility index (Phi) is 3.94. The molecule has 0 bridgehead atoms. The zero-order valence-corrected chi connectivity index (χ0v) is 11.0. The van der Waals surface area contributed by atoms with Crippen LogP contribution in [-0.4, -0.2) is 21.9 Å². The van der Waals surface area contributed by atoms with Gasteiger partial charge in [0.05, 0.1) is 11.3 Å². The molecule has 3 nitrogen and oxygen atoms in total. The summed E-state index contributed by atoms with van der Waals surface area (Å²) in [5, 5.41) is 9.63. The molecule has 0 radical (unpaired) electrons. The molecular formula is C13H14BrNO2. The minimum atomic E-state index is -0.0174. The topological polar surface area (TPSA) is 49.7 Å². The average molecular weight is 296 g/mol.